The van der Waals surface area contributed by atoms with Crippen LogP contribution in [0.15, 0.2) is 18.2 Å². The minimum Gasteiger partial charge on any atom is -0.494 e. The van der Waals surface area contributed by atoms with Gasteiger partial charge in [0.15, 0.2) is 11.6 Å². The lowest BCUT2D eigenvalue weighted by molar-refractivity contribution is 0.0907. The molecule has 0 heterocycles. The molecule has 1 unspecified atom stereocenters. The van der Waals surface area contributed by atoms with Gasteiger partial charge < -0.3 is 14.8 Å². The van der Waals surface area contributed by atoms with Crippen molar-refractivity contribution >= 4 is 21.8 Å². The molecule has 1 amide bonds. The maximum atomic E-state index is 13.4. The van der Waals surface area contributed by atoms with Gasteiger partial charge in [-0.05, 0) is 18.2 Å². The Balaban J connectivity index is 2.74. The van der Waals surface area contributed by atoms with E-state index in [9.17, 15) is 9.18 Å². The molecule has 0 spiro atoms. The predicted molar refractivity (Wildman–Crippen MR) is 69.9 cm³/mol. The average Bonchev–Trinajstić information content (AvgIpc) is 2.37. The first-order valence-corrected chi connectivity index (χ1v) is 6.43. The number of carbonyl (C=O) groups is 1. The van der Waals surface area contributed by atoms with Crippen LogP contribution in [0, 0.1) is 5.82 Å². The van der Waals surface area contributed by atoms with Gasteiger partial charge in [0, 0.05) is 18.0 Å². The Hall–Kier alpha value is -1.14. The summed E-state index contributed by atoms with van der Waals surface area (Å²) in [6, 6.07) is 3.92. The van der Waals surface area contributed by atoms with Crippen molar-refractivity contribution in [3.8, 4) is 5.75 Å². The fourth-order valence-corrected chi connectivity index (χ4v) is 1.75. The molecular formula is C12H15BrFNO3. The van der Waals surface area contributed by atoms with E-state index >= 15 is 0 Å². The smallest absolute Gasteiger partial charge is 0.251 e. The fourth-order valence-electron chi connectivity index (χ4n) is 1.40. The molecule has 1 aromatic rings. The minimum atomic E-state index is -0.563. The number of halogens is 2. The van der Waals surface area contributed by atoms with E-state index < -0.39 is 5.82 Å². The molecule has 0 saturated carbocycles. The lowest BCUT2D eigenvalue weighted by Crippen LogP contribution is -2.39. The Bertz CT molecular complexity index is 414. The Labute approximate surface area is 114 Å². The molecule has 0 saturated heterocycles. The van der Waals surface area contributed by atoms with Crippen molar-refractivity contribution in [2.45, 2.75) is 6.04 Å². The summed E-state index contributed by atoms with van der Waals surface area (Å²) in [5.41, 5.74) is 0.246. The number of methoxy groups -OCH3 is 2. The summed E-state index contributed by atoms with van der Waals surface area (Å²) in [5.74, 6) is -0.800. The molecule has 18 heavy (non-hydrogen) atoms. The number of carbonyl (C=O) groups excluding carboxylic acids is 1. The lowest BCUT2D eigenvalue weighted by atomic mass is 10.2. The number of ether oxygens (including phenoxy) is 2. The van der Waals surface area contributed by atoms with Crippen LogP contribution in [0.3, 0.4) is 0 Å². The maximum absolute atomic E-state index is 13.4. The Morgan fingerprint density at radius 3 is 2.72 bits per heavy atom. The second-order valence-corrected chi connectivity index (χ2v) is 4.28. The van der Waals surface area contributed by atoms with Crippen LogP contribution >= 0.6 is 15.9 Å². The topological polar surface area (TPSA) is 47.6 Å². The molecule has 0 radical (unpaired) electrons. The second kappa shape index (κ2) is 7.33. The quantitative estimate of drug-likeness (QED) is 0.816. The van der Waals surface area contributed by atoms with Gasteiger partial charge in [0.2, 0.25) is 0 Å². The standard InChI is InChI=1S/C12H15BrFNO3/c1-17-7-9(6-13)15-12(16)8-3-4-11(18-2)10(14)5-8/h3-5,9H,6-7H2,1-2H3,(H,15,16). The first kappa shape index (κ1) is 14.9. The van der Waals surface area contributed by atoms with Crippen LogP contribution in [0.2, 0.25) is 0 Å². The fraction of sp³-hybridized carbons (Fsp3) is 0.417. The molecular weight excluding hydrogens is 305 g/mol. The van der Waals surface area contributed by atoms with Crippen LogP contribution in [-0.4, -0.2) is 38.1 Å². The van der Waals surface area contributed by atoms with Gasteiger partial charge in [-0.25, -0.2) is 4.39 Å². The highest BCUT2D eigenvalue weighted by Gasteiger charge is 2.14. The number of hydrogen-bond donors (Lipinski definition) is 1. The van der Waals surface area contributed by atoms with Crippen LogP contribution in [0.5, 0.6) is 5.75 Å². The summed E-state index contributed by atoms with van der Waals surface area (Å²) >= 11 is 3.27. The van der Waals surface area contributed by atoms with E-state index in [2.05, 4.69) is 21.2 Å². The number of amides is 1. The van der Waals surface area contributed by atoms with Gasteiger partial charge in [-0.15, -0.1) is 0 Å². The SMILES string of the molecule is COCC(CBr)NC(=O)c1ccc(OC)c(F)c1. The van der Waals surface area contributed by atoms with Crippen molar-refractivity contribution in [1.82, 2.24) is 5.32 Å². The molecule has 0 aliphatic rings. The number of benzene rings is 1. The summed E-state index contributed by atoms with van der Waals surface area (Å²) in [5, 5.41) is 3.29. The molecule has 6 heteroatoms. The molecule has 0 fully saturated rings. The van der Waals surface area contributed by atoms with Gasteiger partial charge in [0.1, 0.15) is 0 Å². The van der Waals surface area contributed by atoms with Gasteiger partial charge in [-0.3, -0.25) is 4.79 Å². The molecule has 100 valence electrons. The van der Waals surface area contributed by atoms with Crippen LogP contribution < -0.4 is 10.1 Å². The first-order chi connectivity index (χ1) is 8.62. The maximum Gasteiger partial charge on any atom is 0.251 e. The minimum absolute atomic E-state index is 0.112. The highest BCUT2D eigenvalue weighted by atomic mass is 79.9. The van der Waals surface area contributed by atoms with E-state index in [-0.39, 0.29) is 23.3 Å². The predicted octanol–water partition coefficient (Wildman–Crippen LogP) is 1.97. The normalized spacial score (nSPS) is 12.0. The zero-order chi connectivity index (χ0) is 13.5. The van der Waals surface area contributed by atoms with Crippen molar-refractivity contribution in [3.05, 3.63) is 29.6 Å². The van der Waals surface area contributed by atoms with Gasteiger partial charge in [0.05, 0.1) is 19.8 Å². The Morgan fingerprint density at radius 1 is 1.50 bits per heavy atom. The molecule has 0 bridgehead atoms. The summed E-state index contributed by atoms with van der Waals surface area (Å²) < 4.78 is 23.2. The molecule has 0 aromatic heterocycles. The molecule has 4 nitrogen and oxygen atoms in total. The van der Waals surface area contributed by atoms with E-state index in [0.29, 0.717) is 11.9 Å². The van der Waals surface area contributed by atoms with Crippen molar-refractivity contribution in [2.75, 3.05) is 26.2 Å². The number of alkyl halides is 1. The zero-order valence-corrected chi connectivity index (χ0v) is 11.8. The molecule has 1 atom stereocenters. The van der Waals surface area contributed by atoms with E-state index in [1.165, 1.54) is 19.2 Å². The number of hydrogen-bond acceptors (Lipinski definition) is 3. The molecule has 0 aliphatic carbocycles. The number of nitrogens with one attached hydrogen (secondary N) is 1. The van der Waals surface area contributed by atoms with Crippen LogP contribution in [-0.2, 0) is 4.74 Å². The van der Waals surface area contributed by atoms with E-state index in [0.717, 1.165) is 6.07 Å². The van der Waals surface area contributed by atoms with E-state index in [4.69, 9.17) is 9.47 Å². The van der Waals surface area contributed by atoms with Crippen molar-refractivity contribution in [3.63, 3.8) is 0 Å². The summed E-state index contributed by atoms with van der Waals surface area (Å²) in [6.45, 7) is 0.385. The van der Waals surface area contributed by atoms with Gasteiger partial charge in [0.25, 0.3) is 5.91 Å². The van der Waals surface area contributed by atoms with E-state index in [1.54, 1.807) is 7.11 Å². The monoisotopic (exact) mass is 319 g/mol. The molecule has 1 rings (SSSR count). The van der Waals surface area contributed by atoms with Crippen LogP contribution in [0.4, 0.5) is 4.39 Å². The van der Waals surface area contributed by atoms with Crippen LogP contribution in [0.1, 0.15) is 10.4 Å². The van der Waals surface area contributed by atoms with Gasteiger partial charge in [-0.2, -0.15) is 0 Å². The molecule has 1 N–H and O–H groups in total. The molecule has 1 aromatic carbocycles. The Morgan fingerprint density at radius 2 is 2.22 bits per heavy atom. The summed E-state index contributed by atoms with van der Waals surface area (Å²) in [4.78, 5) is 11.8. The Kier molecular flexibility index (Phi) is 6.07. The zero-order valence-electron chi connectivity index (χ0n) is 10.2. The number of rotatable bonds is 6. The third-order valence-electron chi connectivity index (χ3n) is 2.30. The summed E-state index contributed by atoms with van der Waals surface area (Å²) in [7, 11) is 2.92. The van der Waals surface area contributed by atoms with Gasteiger partial charge in [-0.1, -0.05) is 15.9 Å². The highest BCUT2D eigenvalue weighted by Crippen LogP contribution is 2.17. The third-order valence-corrected chi connectivity index (χ3v) is 3.08. The highest BCUT2D eigenvalue weighted by molar-refractivity contribution is 9.09. The summed E-state index contributed by atoms with van der Waals surface area (Å²) in [6.07, 6.45) is 0. The molecule has 0 aliphatic heterocycles. The van der Waals surface area contributed by atoms with Gasteiger partial charge >= 0.3 is 0 Å². The van der Waals surface area contributed by atoms with E-state index in [1.807, 2.05) is 0 Å². The first-order valence-electron chi connectivity index (χ1n) is 5.31. The average molecular weight is 320 g/mol. The van der Waals surface area contributed by atoms with Crippen molar-refractivity contribution in [2.24, 2.45) is 0 Å². The second-order valence-electron chi connectivity index (χ2n) is 3.63. The van der Waals surface area contributed by atoms with Crippen LogP contribution in [0.25, 0.3) is 0 Å². The third kappa shape index (κ3) is 3.96. The van der Waals surface area contributed by atoms with Crippen molar-refractivity contribution < 1.29 is 18.7 Å². The lowest BCUT2D eigenvalue weighted by Gasteiger charge is -2.15. The largest absolute Gasteiger partial charge is 0.494 e. The van der Waals surface area contributed by atoms with Crippen molar-refractivity contribution in [1.29, 1.82) is 0 Å².